The van der Waals surface area contributed by atoms with Crippen LogP contribution in [0, 0.1) is 17.8 Å². The second kappa shape index (κ2) is 15.9. The van der Waals surface area contributed by atoms with Crippen molar-refractivity contribution in [2.45, 2.75) is 64.9 Å². The van der Waals surface area contributed by atoms with Gasteiger partial charge in [-0.15, -0.1) is 0 Å². The molecule has 2 amide bonds. The van der Waals surface area contributed by atoms with E-state index in [1.54, 1.807) is 18.2 Å². The number of ketones is 1. The second-order valence-electron chi connectivity index (χ2n) is 14.7. The molecule has 12 heteroatoms. The van der Waals surface area contributed by atoms with Crippen LogP contribution in [-0.2, 0) is 25.5 Å². The van der Waals surface area contributed by atoms with E-state index >= 15 is 0 Å². The van der Waals surface area contributed by atoms with Gasteiger partial charge in [-0.2, -0.15) is 0 Å². The summed E-state index contributed by atoms with van der Waals surface area (Å²) < 4.78 is 10.8. The lowest BCUT2D eigenvalue weighted by Crippen LogP contribution is -2.37. The highest BCUT2D eigenvalue weighted by atomic mass is 16.6. The Morgan fingerprint density at radius 3 is 2.37 bits per heavy atom. The molecule has 12 nitrogen and oxygen atoms in total. The number of alkyl carbamates (subject to hydrolysis) is 1. The fourth-order valence-electron chi connectivity index (χ4n) is 6.91. The Balaban J connectivity index is 1.10. The maximum Gasteiger partial charge on any atom is 0.407 e. The lowest BCUT2D eigenvalue weighted by Gasteiger charge is -2.29. The number of H-pyrrole nitrogens is 2. The second-order valence-corrected chi connectivity index (χ2v) is 14.7. The van der Waals surface area contributed by atoms with Crippen LogP contribution in [0.5, 0.6) is 0 Å². The van der Waals surface area contributed by atoms with Crippen LogP contribution in [0.2, 0.25) is 0 Å². The van der Waals surface area contributed by atoms with E-state index in [4.69, 9.17) is 9.47 Å². The number of aromatic amines is 2. The van der Waals surface area contributed by atoms with Gasteiger partial charge in [-0.25, -0.2) is 9.78 Å². The first-order valence-corrected chi connectivity index (χ1v) is 17.9. The van der Waals surface area contributed by atoms with Crippen molar-refractivity contribution in [3.05, 3.63) is 76.7 Å². The maximum atomic E-state index is 13.8. The number of pyridine rings is 1. The zero-order valence-corrected chi connectivity index (χ0v) is 29.6. The molecular formula is C39H48N6O6. The van der Waals surface area contributed by atoms with Gasteiger partial charge in [0.25, 0.3) is 5.56 Å². The Hall–Kier alpha value is -4.97. The van der Waals surface area contributed by atoms with Gasteiger partial charge in [0.2, 0.25) is 5.91 Å². The van der Waals surface area contributed by atoms with Crippen LogP contribution >= 0.6 is 0 Å². The van der Waals surface area contributed by atoms with Gasteiger partial charge in [-0.3, -0.25) is 24.6 Å². The van der Waals surface area contributed by atoms with Crippen molar-refractivity contribution in [3.8, 4) is 11.1 Å². The molecule has 2 aromatic carbocycles. The molecule has 0 unspecified atom stereocenters. The summed E-state index contributed by atoms with van der Waals surface area (Å²) in [6.07, 6.45) is 5.05. The predicted molar refractivity (Wildman–Crippen MR) is 197 cm³/mol. The zero-order valence-electron chi connectivity index (χ0n) is 29.6. The molecule has 4 aromatic rings. The minimum atomic E-state index is -0.592. The van der Waals surface area contributed by atoms with Crippen LogP contribution in [0.15, 0.2) is 65.6 Å². The molecule has 270 valence electrons. The van der Waals surface area contributed by atoms with E-state index in [1.807, 2.05) is 57.3 Å². The van der Waals surface area contributed by atoms with Crippen LogP contribution in [0.1, 0.15) is 58.4 Å². The molecule has 6 rings (SSSR count). The number of morpholine rings is 1. The monoisotopic (exact) mass is 696 g/mol. The number of rotatable bonds is 11. The molecule has 0 bridgehead atoms. The minimum Gasteiger partial charge on any atom is -0.444 e. The standard InChI is InChI=1S/C39H48N6O6/c1-39(2,3)51-38(49)41-23-26-6-10-28(11-7-26)34(46)21-30(36(47)42-31-13-14-32-33(22-31)43-44-37(32)48)20-25-4-8-27(9-5-25)29-12-15-35(40-24-29)45-16-18-50-19-17-45/h4-5,8-9,12-15,22,24,26,28,30H,6-7,10-11,16-21,23H2,1-3H3,(H,41,49)(H,42,47)(H2,43,44,48)/t26?,28?,30-/m1/s1. The van der Waals surface area contributed by atoms with Gasteiger partial charge < -0.3 is 25.0 Å². The Morgan fingerprint density at radius 2 is 1.69 bits per heavy atom. The molecule has 0 spiro atoms. The third kappa shape index (κ3) is 9.63. The van der Waals surface area contributed by atoms with Gasteiger partial charge in [-0.1, -0.05) is 24.3 Å². The van der Waals surface area contributed by atoms with E-state index in [9.17, 15) is 19.2 Å². The van der Waals surface area contributed by atoms with Gasteiger partial charge in [0.05, 0.1) is 24.1 Å². The summed E-state index contributed by atoms with van der Waals surface area (Å²) in [7, 11) is 0. The van der Waals surface area contributed by atoms with E-state index in [0.29, 0.717) is 42.8 Å². The lowest BCUT2D eigenvalue weighted by molar-refractivity contribution is -0.129. The smallest absolute Gasteiger partial charge is 0.407 e. The van der Waals surface area contributed by atoms with E-state index in [-0.39, 0.29) is 35.5 Å². The molecule has 1 aliphatic heterocycles. The number of Topliss-reactive ketones (excluding diaryl/α,β-unsaturated/α-hetero) is 1. The number of hydrogen-bond acceptors (Lipinski definition) is 8. The molecule has 1 aliphatic carbocycles. The molecular weight excluding hydrogens is 648 g/mol. The van der Waals surface area contributed by atoms with Crippen molar-refractivity contribution < 1.29 is 23.9 Å². The Kier molecular flexibility index (Phi) is 11.2. The first-order valence-electron chi connectivity index (χ1n) is 17.9. The maximum absolute atomic E-state index is 13.8. The fraction of sp³-hybridized carbons (Fsp3) is 0.462. The summed E-state index contributed by atoms with van der Waals surface area (Å²) in [6, 6.07) is 17.2. The highest BCUT2D eigenvalue weighted by molar-refractivity contribution is 5.97. The number of nitrogens with zero attached hydrogens (tertiary/aromatic N) is 2. The lowest BCUT2D eigenvalue weighted by atomic mass is 9.77. The Bertz CT molecular complexity index is 1860. The first kappa shape index (κ1) is 35.8. The number of fused-ring (bicyclic) bond motifs is 1. The molecule has 3 heterocycles. The van der Waals surface area contributed by atoms with Crippen LogP contribution < -0.4 is 21.1 Å². The topological polar surface area (TPSA) is 159 Å². The van der Waals surface area contributed by atoms with Gasteiger partial charge in [0.15, 0.2) is 0 Å². The van der Waals surface area contributed by atoms with Crippen molar-refractivity contribution in [2.75, 3.05) is 43.1 Å². The van der Waals surface area contributed by atoms with E-state index < -0.39 is 17.6 Å². The molecule has 1 atom stereocenters. The normalized spacial score (nSPS) is 18.6. The van der Waals surface area contributed by atoms with Crippen molar-refractivity contribution in [1.82, 2.24) is 20.5 Å². The van der Waals surface area contributed by atoms with Crippen molar-refractivity contribution in [3.63, 3.8) is 0 Å². The third-order valence-electron chi connectivity index (χ3n) is 9.75. The molecule has 1 saturated carbocycles. The number of anilines is 2. The number of hydrogen-bond donors (Lipinski definition) is 4. The summed E-state index contributed by atoms with van der Waals surface area (Å²) in [5.74, 6) is 0.329. The van der Waals surface area contributed by atoms with Crippen molar-refractivity contribution >= 4 is 40.2 Å². The summed E-state index contributed by atoms with van der Waals surface area (Å²) in [6.45, 7) is 9.07. The average Bonchev–Trinajstić information content (AvgIpc) is 3.50. The SMILES string of the molecule is CC(C)(C)OC(=O)NCC1CCC(C(=O)C[C@@H](Cc2ccc(-c3ccc(N4CCOCC4)nc3)cc2)C(=O)Nc2ccc3c(=O)[nH][nH]c3c2)CC1. The molecule has 2 fully saturated rings. The number of carbonyl (C=O) groups is 3. The Morgan fingerprint density at radius 1 is 0.961 bits per heavy atom. The Labute approximate surface area is 297 Å². The van der Waals surface area contributed by atoms with Crippen molar-refractivity contribution in [2.24, 2.45) is 17.8 Å². The van der Waals surface area contributed by atoms with Crippen molar-refractivity contribution in [1.29, 1.82) is 0 Å². The molecule has 4 N–H and O–H groups in total. The average molecular weight is 697 g/mol. The van der Waals surface area contributed by atoms with Crippen LogP contribution in [0.25, 0.3) is 22.0 Å². The predicted octanol–water partition coefficient (Wildman–Crippen LogP) is 5.84. The summed E-state index contributed by atoms with van der Waals surface area (Å²) in [4.78, 5) is 58.5. The third-order valence-corrected chi connectivity index (χ3v) is 9.75. The minimum absolute atomic E-state index is 0.0853. The van der Waals surface area contributed by atoms with E-state index in [0.717, 1.165) is 61.3 Å². The number of carbonyl (C=O) groups excluding carboxylic acids is 3. The van der Waals surface area contributed by atoms with Crippen LogP contribution in [-0.4, -0.2) is 71.4 Å². The van der Waals surface area contributed by atoms with E-state index in [1.165, 1.54) is 0 Å². The molecule has 0 radical (unpaired) electrons. The van der Waals surface area contributed by atoms with Crippen LogP contribution in [0.3, 0.4) is 0 Å². The van der Waals surface area contributed by atoms with Gasteiger partial charge >= 0.3 is 6.09 Å². The molecule has 2 aromatic heterocycles. The largest absolute Gasteiger partial charge is 0.444 e. The summed E-state index contributed by atoms with van der Waals surface area (Å²) in [5, 5.41) is 11.7. The van der Waals surface area contributed by atoms with Gasteiger partial charge in [0, 0.05) is 55.3 Å². The first-order chi connectivity index (χ1) is 24.5. The summed E-state index contributed by atoms with van der Waals surface area (Å²) in [5.41, 5.74) is 3.32. The molecule has 51 heavy (non-hydrogen) atoms. The molecule has 2 aliphatic rings. The molecule has 1 saturated heterocycles. The summed E-state index contributed by atoms with van der Waals surface area (Å²) >= 11 is 0. The number of amides is 2. The highest BCUT2D eigenvalue weighted by Crippen LogP contribution is 2.32. The zero-order chi connectivity index (χ0) is 36.0. The van der Waals surface area contributed by atoms with Crippen LogP contribution in [0.4, 0.5) is 16.3 Å². The van der Waals surface area contributed by atoms with Gasteiger partial charge in [0.1, 0.15) is 17.2 Å². The highest BCUT2D eigenvalue weighted by Gasteiger charge is 2.31. The number of ether oxygens (including phenoxy) is 2. The number of benzene rings is 2. The number of aromatic nitrogens is 3. The van der Waals surface area contributed by atoms with Gasteiger partial charge in [-0.05, 0) is 100 Å². The number of nitrogens with one attached hydrogen (secondary N) is 4. The quantitative estimate of drug-likeness (QED) is 0.152. The fourth-order valence-corrected chi connectivity index (χ4v) is 6.91. The van der Waals surface area contributed by atoms with E-state index in [2.05, 4.69) is 36.8 Å².